The maximum Gasteiger partial charge on any atom is 0.171 e. The first-order valence-corrected chi connectivity index (χ1v) is 8.00. The molecule has 0 amide bonds. The predicted molar refractivity (Wildman–Crippen MR) is 100 cm³/mol. The fourth-order valence-corrected chi connectivity index (χ4v) is 2.37. The third kappa shape index (κ3) is 5.31. The third-order valence-corrected chi connectivity index (χ3v) is 3.50. The van der Waals surface area contributed by atoms with Gasteiger partial charge in [-0.3, -0.25) is 0 Å². The molecule has 0 saturated heterocycles. The van der Waals surface area contributed by atoms with Crippen LogP contribution >= 0.6 is 12.2 Å². The van der Waals surface area contributed by atoms with Crippen molar-refractivity contribution >= 4 is 23.0 Å². The Hall–Kier alpha value is -2.47. The number of hydrogen-bond acceptors (Lipinski definition) is 4. The molecule has 0 saturated carbocycles. The molecule has 6 heteroatoms. The van der Waals surface area contributed by atoms with E-state index in [9.17, 15) is 0 Å². The molecule has 2 aromatic carbocycles. The van der Waals surface area contributed by atoms with Crippen molar-refractivity contribution in [3.05, 3.63) is 48.5 Å². The third-order valence-electron chi connectivity index (χ3n) is 3.28. The van der Waals surface area contributed by atoms with E-state index in [-0.39, 0.29) is 6.04 Å². The topological polar surface area (TPSA) is 51.8 Å². The minimum absolute atomic E-state index is 0.0504. The van der Waals surface area contributed by atoms with Gasteiger partial charge in [-0.05, 0) is 43.4 Å². The molecule has 2 N–H and O–H groups in total. The summed E-state index contributed by atoms with van der Waals surface area (Å²) >= 11 is 5.35. The summed E-state index contributed by atoms with van der Waals surface area (Å²) in [6.45, 7) is 2.51. The minimum Gasteiger partial charge on any atom is -0.497 e. The molecular weight excluding hydrogens is 324 g/mol. The molecule has 0 aromatic heterocycles. The number of para-hydroxylation sites is 1. The Bertz CT molecular complexity index is 665. The van der Waals surface area contributed by atoms with Gasteiger partial charge in [0.05, 0.1) is 25.9 Å². The summed E-state index contributed by atoms with van der Waals surface area (Å²) in [6, 6.07) is 15.2. The molecule has 128 valence electrons. The highest BCUT2D eigenvalue weighted by molar-refractivity contribution is 7.80. The monoisotopic (exact) mass is 346 g/mol. The zero-order valence-corrected chi connectivity index (χ0v) is 14.9. The summed E-state index contributed by atoms with van der Waals surface area (Å²) in [5, 5.41) is 6.82. The molecule has 0 heterocycles. The SMILES string of the molecule is COc1ccc(NC(=S)N[C@@H](C)COc2ccccc2)c(OC)c1. The first-order valence-electron chi connectivity index (χ1n) is 7.59. The van der Waals surface area contributed by atoms with Crippen molar-refractivity contribution in [1.29, 1.82) is 0 Å². The van der Waals surface area contributed by atoms with Gasteiger partial charge in [0.15, 0.2) is 5.11 Å². The van der Waals surface area contributed by atoms with Gasteiger partial charge >= 0.3 is 0 Å². The minimum atomic E-state index is 0.0504. The van der Waals surface area contributed by atoms with E-state index in [1.165, 1.54) is 0 Å². The van der Waals surface area contributed by atoms with Gasteiger partial charge < -0.3 is 24.8 Å². The number of benzene rings is 2. The van der Waals surface area contributed by atoms with E-state index < -0.39 is 0 Å². The van der Waals surface area contributed by atoms with Gasteiger partial charge in [-0.1, -0.05) is 18.2 Å². The number of nitrogens with one attached hydrogen (secondary N) is 2. The second-order valence-electron chi connectivity index (χ2n) is 5.19. The van der Waals surface area contributed by atoms with Crippen molar-refractivity contribution in [1.82, 2.24) is 5.32 Å². The van der Waals surface area contributed by atoms with Crippen LogP contribution in [0.4, 0.5) is 5.69 Å². The molecule has 0 aliphatic carbocycles. The molecule has 0 fully saturated rings. The Balaban J connectivity index is 1.86. The molecule has 2 aromatic rings. The zero-order valence-electron chi connectivity index (χ0n) is 14.0. The lowest BCUT2D eigenvalue weighted by atomic mass is 10.2. The van der Waals surface area contributed by atoms with Crippen LogP contribution in [0.2, 0.25) is 0 Å². The smallest absolute Gasteiger partial charge is 0.171 e. The normalized spacial score (nSPS) is 11.3. The summed E-state index contributed by atoms with van der Waals surface area (Å²) in [5.74, 6) is 2.22. The Morgan fingerprint density at radius 2 is 1.79 bits per heavy atom. The second kappa shape index (κ2) is 8.98. The summed E-state index contributed by atoms with van der Waals surface area (Å²) in [4.78, 5) is 0. The number of hydrogen-bond donors (Lipinski definition) is 2. The molecule has 0 aliphatic rings. The summed E-state index contributed by atoms with van der Waals surface area (Å²) < 4.78 is 16.2. The van der Waals surface area contributed by atoms with Crippen LogP contribution in [0.1, 0.15) is 6.92 Å². The molecule has 0 radical (unpaired) electrons. The Morgan fingerprint density at radius 1 is 1.04 bits per heavy atom. The van der Waals surface area contributed by atoms with Gasteiger partial charge in [0.2, 0.25) is 0 Å². The van der Waals surface area contributed by atoms with E-state index in [2.05, 4.69) is 10.6 Å². The predicted octanol–water partition coefficient (Wildman–Crippen LogP) is 3.46. The highest BCUT2D eigenvalue weighted by Gasteiger charge is 2.09. The van der Waals surface area contributed by atoms with Crippen LogP contribution < -0.4 is 24.8 Å². The number of anilines is 1. The quantitative estimate of drug-likeness (QED) is 0.749. The number of thiocarbonyl (C=S) groups is 1. The van der Waals surface area contributed by atoms with Crippen LogP contribution in [-0.4, -0.2) is 32.0 Å². The maximum absolute atomic E-state index is 5.70. The first kappa shape index (κ1) is 17.9. The number of ether oxygens (including phenoxy) is 3. The van der Waals surface area contributed by atoms with Crippen molar-refractivity contribution in [3.8, 4) is 17.2 Å². The number of rotatable bonds is 7. The van der Waals surface area contributed by atoms with Crippen molar-refractivity contribution < 1.29 is 14.2 Å². The highest BCUT2D eigenvalue weighted by Crippen LogP contribution is 2.28. The molecule has 0 unspecified atom stereocenters. The average Bonchev–Trinajstić information content (AvgIpc) is 2.61. The fourth-order valence-electron chi connectivity index (χ4n) is 2.06. The largest absolute Gasteiger partial charge is 0.497 e. The van der Waals surface area contributed by atoms with Gasteiger partial charge in [-0.15, -0.1) is 0 Å². The van der Waals surface area contributed by atoms with Crippen molar-refractivity contribution in [2.75, 3.05) is 26.1 Å². The Labute approximate surface area is 147 Å². The Morgan fingerprint density at radius 3 is 2.46 bits per heavy atom. The van der Waals surface area contributed by atoms with E-state index >= 15 is 0 Å². The molecule has 5 nitrogen and oxygen atoms in total. The Kier molecular flexibility index (Phi) is 6.69. The van der Waals surface area contributed by atoms with Gasteiger partial charge in [-0.25, -0.2) is 0 Å². The van der Waals surface area contributed by atoms with Gasteiger partial charge in [0.25, 0.3) is 0 Å². The van der Waals surface area contributed by atoms with Gasteiger partial charge in [0, 0.05) is 6.07 Å². The van der Waals surface area contributed by atoms with Crippen LogP contribution in [0, 0.1) is 0 Å². The van der Waals surface area contributed by atoms with Crippen molar-refractivity contribution in [3.63, 3.8) is 0 Å². The maximum atomic E-state index is 5.70. The summed E-state index contributed by atoms with van der Waals surface area (Å²) in [5.41, 5.74) is 0.770. The van der Waals surface area contributed by atoms with Crippen LogP contribution in [0.5, 0.6) is 17.2 Å². The van der Waals surface area contributed by atoms with E-state index in [0.717, 1.165) is 17.2 Å². The molecule has 0 bridgehead atoms. The summed E-state index contributed by atoms with van der Waals surface area (Å²) in [7, 11) is 3.22. The second-order valence-corrected chi connectivity index (χ2v) is 5.60. The van der Waals surface area contributed by atoms with Gasteiger partial charge in [-0.2, -0.15) is 0 Å². The molecular formula is C18H22N2O3S. The lowest BCUT2D eigenvalue weighted by molar-refractivity contribution is 0.287. The van der Waals surface area contributed by atoms with Crippen LogP contribution in [-0.2, 0) is 0 Å². The lowest BCUT2D eigenvalue weighted by Gasteiger charge is -2.19. The molecule has 1 atom stereocenters. The fraction of sp³-hybridized carbons (Fsp3) is 0.278. The zero-order chi connectivity index (χ0) is 17.4. The van der Waals surface area contributed by atoms with Crippen LogP contribution in [0.25, 0.3) is 0 Å². The standard InChI is InChI=1S/C18H22N2O3S/c1-13(12-23-14-7-5-4-6-8-14)19-18(24)20-16-10-9-15(21-2)11-17(16)22-3/h4-11,13H,12H2,1-3H3,(H2,19,20,24)/t13-/m0/s1. The lowest BCUT2D eigenvalue weighted by Crippen LogP contribution is -2.39. The van der Waals surface area contributed by atoms with Crippen LogP contribution in [0.15, 0.2) is 48.5 Å². The molecule has 24 heavy (non-hydrogen) atoms. The summed E-state index contributed by atoms with van der Waals surface area (Å²) in [6.07, 6.45) is 0. The van der Waals surface area contributed by atoms with Crippen LogP contribution in [0.3, 0.4) is 0 Å². The molecule has 0 aliphatic heterocycles. The van der Waals surface area contributed by atoms with E-state index in [1.54, 1.807) is 20.3 Å². The highest BCUT2D eigenvalue weighted by atomic mass is 32.1. The van der Waals surface area contributed by atoms with Crippen molar-refractivity contribution in [2.24, 2.45) is 0 Å². The molecule has 2 rings (SSSR count). The van der Waals surface area contributed by atoms with E-state index in [4.69, 9.17) is 26.4 Å². The van der Waals surface area contributed by atoms with Crippen molar-refractivity contribution in [2.45, 2.75) is 13.0 Å². The average molecular weight is 346 g/mol. The van der Waals surface area contributed by atoms with E-state index in [0.29, 0.717) is 17.5 Å². The van der Waals surface area contributed by atoms with E-state index in [1.807, 2.05) is 49.4 Å². The number of methoxy groups -OCH3 is 2. The molecule has 0 spiro atoms. The van der Waals surface area contributed by atoms with Gasteiger partial charge in [0.1, 0.15) is 23.9 Å². The first-order chi connectivity index (χ1) is 11.6.